The molecule has 4 rings (SSSR count). The van der Waals surface area contributed by atoms with Crippen molar-refractivity contribution in [1.29, 1.82) is 0 Å². The fourth-order valence-corrected chi connectivity index (χ4v) is 4.45. The number of amides is 1. The van der Waals surface area contributed by atoms with Gasteiger partial charge in [-0.1, -0.05) is 72.8 Å². The number of benzene rings is 3. The van der Waals surface area contributed by atoms with Crippen molar-refractivity contribution in [3.8, 4) is 0 Å². The fourth-order valence-electron chi connectivity index (χ4n) is 4.45. The first-order chi connectivity index (χ1) is 14.7. The second kappa shape index (κ2) is 9.27. The summed E-state index contributed by atoms with van der Waals surface area (Å²) in [4.78, 5) is 15.2. The van der Waals surface area contributed by atoms with Crippen molar-refractivity contribution in [2.75, 3.05) is 18.4 Å². The number of quaternary nitrogens is 1. The molecule has 0 aromatic heterocycles. The maximum absolute atomic E-state index is 13.5. The number of hydrogen-bond donors (Lipinski definition) is 2. The topological polar surface area (TPSA) is 33.5 Å². The first kappa shape index (κ1) is 20.4. The fraction of sp³-hybridized carbons (Fsp3) is 0.296. The molecule has 1 saturated heterocycles. The SMILES string of the molecule is CC(C(=O)Nc1ccc(C[NH+]2CCCCC2)cc1)(c1ccccc1)c1ccccc1. The van der Waals surface area contributed by atoms with E-state index in [1.54, 1.807) is 4.90 Å². The molecule has 3 nitrogen and oxygen atoms in total. The van der Waals surface area contributed by atoms with E-state index in [-0.39, 0.29) is 5.91 Å². The lowest BCUT2D eigenvalue weighted by atomic mass is 9.75. The minimum atomic E-state index is -0.765. The van der Waals surface area contributed by atoms with Gasteiger partial charge in [-0.3, -0.25) is 4.79 Å². The predicted octanol–water partition coefficient (Wildman–Crippen LogP) is 4.20. The van der Waals surface area contributed by atoms with Crippen molar-refractivity contribution < 1.29 is 9.69 Å². The van der Waals surface area contributed by atoms with Gasteiger partial charge in [0.2, 0.25) is 5.91 Å². The molecule has 1 aliphatic rings. The van der Waals surface area contributed by atoms with Gasteiger partial charge in [0, 0.05) is 11.3 Å². The molecule has 0 radical (unpaired) electrons. The number of carbonyl (C=O) groups excluding carboxylic acids is 1. The minimum absolute atomic E-state index is 0.0192. The van der Waals surface area contributed by atoms with Gasteiger partial charge in [-0.05, 0) is 49.4 Å². The van der Waals surface area contributed by atoms with Crippen LogP contribution in [0.25, 0.3) is 0 Å². The van der Waals surface area contributed by atoms with Gasteiger partial charge >= 0.3 is 0 Å². The molecule has 0 unspecified atom stereocenters. The number of anilines is 1. The van der Waals surface area contributed by atoms with Crippen LogP contribution in [-0.2, 0) is 16.8 Å². The van der Waals surface area contributed by atoms with Gasteiger partial charge in [-0.2, -0.15) is 0 Å². The summed E-state index contributed by atoms with van der Waals surface area (Å²) in [6.07, 6.45) is 4.04. The van der Waals surface area contributed by atoms with Gasteiger partial charge in [-0.25, -0.2) is 0 Å². The van der Waals surface area contributed by atoms with Crippen LogP contribution >= 0.6 is 0 Å². The molecule has 1 heterocycles. The molecule has 2 N–H and O–H groups in total. The molecule has 154 valence electrons. The second-order valence-electron chi connectivity index (χ2n) is 8.50. The van der Waals surface area contributed by atoms with Crippen LogP contribution in [0.2, 0.25) is 0 Å². The van der Waals surface area contributed by atoms with E-state index in [0.29, 0.717) is 0 Å². The molecule has 0 atom stereocenters. The van der Waals surface area contributed by atoms with Crippen molar-refractivity contribution in [1.82, 2.24) is 0 Å². The quantitative estimate of drug-likeness (QED) is 0.640. The summed E-state index contributed by atoms with van der Waals surface area (Å²) in [6.45, 7) is 5.61. The van der Waals surface area contributed by atoms with E-state index in [9.17, 15) is 4.79 Å². The third-order valence-corrected chi connectivity index (χ3v) is 6.38. The van der Waals surface area contributed by atoms with Crippen LogP contribution in [0.4, 0.5) is 5.69 Å². The molecule has 0 aliphatic carbocycles. The number of nitrogens with one attached hydrogen (secondary N) is 2. The summed E-state index contributed by atoms with van der Waals surface area (Å²) in [7, 11) is 0. The van der Waals surface area contributed by atoms with Crippen LogP contribution < -0.4 is 10.2 Å². The third kappa shape index (κ3) is 4.47. The maximum atomic E-state index is 13.5. The van der Waals surface area contributed by atoms with E-state index in [1.165, 1.54) is 37.9 Å². The Bertz CT molecular complexity index is 906. The molecule has 0 spiro atoms. The van der Waals surface area contributed by atoms with E-state index in [1.807, 2.05) is 79.7 Å². The van der Waals surface area contributed by atoms with Crippen molar-refractivity contribution in [3.63, 3.8) is 0 Å². The van der Waals surface area contributed by atoms with Crippen LogP contribution in [0.3, 0.4) is 0 Å². The minimum Gasteiger partial charge on any atom is -0.331 e. The monoisotopic (exact) mass is 399 g/mol. The van der Waals surface area contributed by atoms with Crippen LogP contribution in [0.15, 0.2) is 84.9 Å². The Hall–Kier alpha value is -2.91. The Morgan fingerprint density at radius 1 is 0.800 bits per heavy atom. The Morgan fingerprint density at radius 3 is 1.87 bits per heavy atom. The Morgan fingerprint density at radius 2 is 1.33 bits per heavy atom. The maximum Gasteiger partial charge on any atom is 0.239 e. The van der Waals surface area contributed by atoms with Crippen molar-refractivity contribution in [3.05, 3.63) is 102 Å². The van der Waals surface area contributed by atoms with Crippen molar-refractivity contribution in [2.24, 2.45) is 0 Å². The molecule has 3 aromatic carbocycles. The van der Waals surface area contributed by atoms with Gasteiger partial charge in [0.15, 0.2) is 0 Å². The zero-order chi connectivity index (χ0) is 20.8. The highest BCUT2D eigenvalue weighted by Gasteiger charge is 2.37. The van der Waals surface area contributed by atoms with Crippen LogP contribution in [-0.4, -0.2) is 19.0 Å². The lowest BCUT2D eigenvalue weighted by Gasteiger charge is -2.29. The van der Waals surface area contributed by atoms with Crippen LogP contribution in [0.1, 0.15) is 42.9 Å². The summed E-state index contributed by atoms with van der Waals surface area (Å²) < 4.78 is 0. The molecule has 3 aromatic rings. The van der Waals surface area contributed by atoms with Crippen LogP contribution in [0.5, 0.6) is 0 Å². The Kier molecular flexibility index (Phi) is 6.29. The van der Waals surface area contributed by atoms with E-state index in [0.717, 1.165) is 23.4 Å². The highest BCUT2D eigenvalue weighted by molar-refractivity contribution is 6.01. The van der Waals surface area contributed by atoms with Gasteiger partial charge in [0.05, 0.1) is 18.5 Å². The highest BCUT2D eigenvalue weighted by Crippen LogP contribution is 2.33. The largest absolute Gasteiger partial charge is 0.331 e. The molecule has 1 aliphatic heterocycles. The number of likely N-dealkylation sites (tertiary alicyclic amines) is 1. The lowest BCUT2D eigenvalue weighted by Crippen LogP contribution is -3.11. The molecule has 1 amide bonds. The van der Waals surface area contributed by atoms with E-state index in [2.05, 4.69) is 17.4 Å². The van der Waals surface area contributed by atoms with E-state index < -0.39 is 5.41 Å². The zero-order valence-corrected chi connectivity index (χ0v) is 17.7. The molecule has 0 saturated carbocycles. The van der Waals surface area contributed by atoms with Gasteiger partial charge in [0.1, 0.15) is 6.54 Å². The van der Waals surface area contributed by atoms with Gasteiger partial charge in [0.25, 0.3) is 0 Å². The first-order valence-corrected chi connectivity index (χ1v) is 11.0. The predicted molar refractivity (Wildman–Crippen MR) is 123 cm³/mol. The molecule has 1 fully saturated rings. The lowest BCUT2D eigenvalue weighted by molar-refractivity contribution is -0.918. The molecule has 3 heteroatoms. The summed E-state index contributed by atoms with van der Waals surface area (Å²) in [5.74, 6) is -0.0192. The Labute approximate surface area is 179 Å². The standard InChI is InChI=1S/C27H30N2O/c1-27(23-11-5-2-6-12-23,24-13-7-3-8-14-24)26(30)28-25-17-15-22(16-18-25)21-29-19-9-4-10-20-29/h2-3,5-8,11-18H,4,9-10,19-21H2,1H3,(H,28,30)/p+1. The molecular formula is C27H31N2O+. The number of hydrogen-bond acceptors (Lipinski definition) is 1. The smallest absolute Gasteiger partial charge is 0.239 e. The molecule has 0 bridgehead atoms. The Balaban J connectivity index is 1.53. The number of carbonyl (C=O) groups is 1. The third-order valence-electron chi connectivity index (χ3n) is 6.38. The van der Waals surface area contributed by atoms with Gasteiger partial charge in [-0.15, -0.1) is 0 Å². The van der Waals surface area contributed by atoms with E-state index in [4.69, 9.17) is 0 Å². The normalized spacial score (nSPS) is 15.0. The summed E-state index contributed by atoms with van der Waals surface area (Å²) in [5, 5.41) is 3.16. The van der Waals surface area contributed by atoms with Gasteiger partial charge < -0.3 is 10.2 Å². The van der Waals surface area contributed by atoms with Crippen molar-refractivity contribution >= 4 is 11.6 Å². The zero-order valence-electron chi connectivity index (χ0n) is 17.7. The van der Waals surface area contributed by atoms with Crippen molar-refractivity contribution in [2.45, 2.75) is 38.1 Å². The number of piperidine rings is 1. The highest BCUT2D eigenvalue weighted by atomic mass is 16.2. The van der Waals surface area contributed by atoms with Crippen LogP contribution in [0, 0.1) is 0 Å². The first-order valence-electron chi connectivity index (χ1n) is 11.0. The summed E-state index contributed by atoms with van der Waals surface area (Å²) in [6, 6.07) is 28.4. The summed E-state index contributed by atoms with van der Waals surface area (Å²) >= 11 is 0. The van der Waals surface area contributed by atoms with E-state index >= 15 is 0 Å². The molecular weight excluding hydrogens is 368 g/mol. The average Bonchev–Trinajstić information content (AvgIpc) is 2.81. The number of rotatable bonds is 6. The summed E-state index contributed by atoms with van der Waals surface area (Å²) in [5.41, 5.74) is 3.38. The molecule has 30 heavy (non-hydrogen) atoms. The average molecular weight is 400 g/mol. The second-order valence-corrected chi connectivity index (χ2v) is 8.50.